The van der Waals surface area contributed by atoms with Crippen LogP contribution in [0.3, 0.4) is 0 Å². The van der Waals surface area contributed by atoms with Gasteiger partial charge in [0, 0.05) is 22.2 Å². The zero-order chi connectivity index (χ0) is 24.9. The van der Waals surface area contributed by atoms with E-state index in [0.717, 1.165) is 6.07 Å². The number of halogens is 7. The average Bonchev–Trinajstić information content (AvgIpc) is 3.32. The number of rotatable bonds is 5. The molecular weight excluding hydrogens is 469 g/mol. The molecule has 11 heteroatoms. The fraction of sp³-hybridized carbons (Fsp3) is 0.261. The number of oxazole rings is 1. The Morgan fingerprint density at radius 3 is 2.26 bits per heavy atom. The maximum atomic E-state index is 14.0. The standard InChI is InChI=1S/C23H17F7N2O2/c1-12-18(32-20(34-12)16-4-2-3-5-17(16)24)9-7-15-11-13-10-14(6-8-19(13)31-15)21(33,22(25,26)27)23(28,29)30/h2-6,8,10-11,31,33H,7,9H2,1H3. The molecule has 2 N–H and O–H groups in total. The van der Waals surface area contributed by atoms with E-state index >= 15 is 0 Å². The van der Waals surface area contributed by atoms with Crippen molar-refractivity contribution in [2.24, 2.45) is 0 Å². The van der Waals surface area contributed by atoms with Crippen molar-refractivity contribution < 1.29 is 40.3 Å². The van der Waals surface area contributed by atoms with E-state index in [4.69, 9.17) is 4.42 Å². The highest BCUT2D eigenvalue weighted by Crippen LogP contribution is 2.50. The van der Waals surface area contributed by atoms with Crippen LogP contribution in [-0.4, -0.2) is 27.4 Å². The molecule has 0 radical (unpaired) electrons. The third-order valence-electron chi connectivity index (χ3n) is 5.54. The molecule has 0 aliphatic rings. The Labute approximate surface area is 188 Å². The molecule has 0 bridgehead atoms. The molecule has 0 atom stereocenters. The van der Waals surface area contributed by atoms with Crippen LogP contribution in [0.15, 0.2) is 52.9 Å². The van der Waals surface area contributed by atoms with Gasteiger partial charge in [-0.2, -0.15) is 26.3 Å². The Kier molecular flexibility index (Phi) is 5.71. The fourth-order valence-electron chi connectivity index (χ4n) is 3.70. The Bertz CT molecular complexity index is 1320. The molecule has 4 aromatic rings. The Balaban J connectivity index is 1.59. The van der Waals surface area contributed by atoms with Crippen LogP contribution in [0.4, 0.5) is 30.7 Å². The van der Waals surface area contributed by atoms with Crippen LogP contribution >= 0.6 is 0 Å². The quantitative estimate of drug-likeness (QED) is 0.323. The van der Waals surface area contributed by atoms with E-state index in [-0.39, 0.29) is 16.8 Å². The summed E-state index contributed by atoms with van der Waals surface area (Å²) < 4.78 is 98.5. The lowest BCUT2D eigenvalue weighted by Gasteiger charge is -2.32. The number of aromatic nitrogens is 2. The highest BCUT2D eigenvalue weighted by atomic mass is 19.4. The smallest absolute Gasteiger partial charge is 0.430 e. The third kappa shape index (κ3) is 4.04. The van der Waals surface area contributed by atoms with E-state index < -0.39 is 29.3 Å². The lowest BCUT2D eigenvalue weighted by atomic mass is 9.91. The minimum absolute atomic E-state index is 0.0725. The summed E-state index contributed by atoms with van der Waals surface area (Å²) in [5.74, 6) is 0.0574. The van der Waals surface area contributed by atoms with Gasteiger partial charge < -0.3 is 14.5 Å². The SMILES string of the molecule is Cc1oc(-c2ccccc2F)nc1CCc1cc2cc(C(O)(C(F)(F)F)C(F)(F)F)ccc2[nH]1. The summed E-state index contributed by atoms with van der Waals surface area (Å²) in [4.78, 5) is 7.23. The van der Waals surface area contributed by atoms with Gasteiger partial charge in [-0.25, -0.2) is 9.37 Å². The maximum Gasteiger partial charge on any atom is 0.430 e. The third-order valence-corrected chi connectivity index (χ3v) is 5.54. The normalized spacial score (nSPS) is 13.1. The van der Waals surface area contributed by atoms with Crippen molar-refractivity contribution in [2.45, 2.75) is 37.7 Å². The van der Waals surface area contributed by atoms with Gasteiger partial charge in [0.2, 0.25) is 5.89 Å². The van der Waals surface area contributed by atoms with Crippen LogP contribution in [-0.2, 0) is 18.4 Å². The molecule has 2 aromatic heterocycles. The van der Waals surface area contributed by atoms with Crippen LogP contribution in [0.25, 0.3) is 22.4 Å². The van der Waals surface area contributed by atoms with E-state index in [2.05, 4.69) is 9.97 Å². The summed E-state index contributed by atoms with van der Waals surface area (Å²) in [6.45, 7) is 1.65. The number of hydrogen-bond acceptors (Lipinski definition) is 3. The van der Waals surface area contributed by atoms with Crippen molar-refractivity contribution in [1.29, 1.82) is 0 Å². The van der Waals surface area contributed by atoms with Gasteiger partial charge in [0.05, 0.1) is 11.3 Å². The second-order valence-electron chi connectivity index (χ2n) is 7.80. The molecule has 4 nitrogen and oxygen atoms in total. The minimum atomic E-state index is -5.96. The largest absolute Gasteiger partial charge is 0.441 e. The molecular formula is C23H17F7N2O2. The molecule has 4 rings (SSSR count). The molecule has 0 saturated carbocycles. The summed E-state index contributed by atoms with van der Waals surface area (Å²) in [7, 11) is 0. The Morgan fingerprint density at radius 2 is 1.62 bits per heavy atom. The molecule has 34 heavy (non-hydrogen) atoms. The zero-order valence-corrected chi connectivity index (χ0v) is 17.5. The maximum absolute atomic E-state index is 14.0. The Morgan fingerprint density at radius 1 is 0.941 bits per heavy atom. The van der Waals surface area contributed by atoms with Crippen molar-refractivity contribution in [3.8, 4) is 11.5 Å². The van der Waals surface area contributed by atoms with Crippen LogP contribution in [0, 0.1) is 12.7 Å². The number of aromatic amines is 1. The molecule has 2 aromatic carbocycles. The van der Waals surface area contributed by atoms with E-state index in [1.54, 1.807) is 13.0 Å². The van der Waals surface area contributed by atoms with Gasteiger partial charge in [-0.15, -0.1) is 0 Å². The number of hydrogen-bond donors (Lipinski definition) is 2. The van der Waals surface area contributed by atoms with Gasteiger partial charge >= 0.3 is 12.4 Å². The predicted molar refractivity (Wildman–Crippen MR) is 108 cm³/mol. The molecule has 180 valence electrons. The highest BCUT2D eigenvalue weighted by molar-refractivity contribution is 5.81. The predicted octanol–water partition coefficient (Wildman–Crippen LogP) is 6.37. The Hall–Kier alpha value is -3.34. The van der Waals surface area contributed by atoms with Crippen LogP contribution in [0.1, 0.15) is 22.7 Å². The summed E-state index contributed by atoms with van der Waals surface area (Å²) in [6, 6.07) is 9.65. The molecule has 0 aliphatic heterocycles. The molecule has 0 spiro atoms. The fourth-order valence-corrected chi connectivity index (χ4v) is 3.70. The van der Waals surface area contributed by atoms with E-state index in [0.29, 0.717) is 47.6 Å². The first-order valence-electron chi connectivity index (χ1n) is 10.0. The number of aryl methyl sites for hydroxylation is 3. The molecule has 0 aliphatic carbocycles. The lowest BCUT2D eigenvalue weighted by molar-refractivity contribution is -0.376. The minimum Gasteiger partial charge on any atom is -0.441 e. The molecule has 0 unspecified atom stereocenters. The molecule has 2 heterocycles. The zero-order valence-electron chi connectivity index (χ0n) is 17.5. The molecule has 0 fully saturated rings. The molecule has 0 saturated heterocycles. The summed E-state index contributed by atoms with van der Waals surface area (Å²) in [6.07, 6.45) is -11.3. The van der Waals surface area contributed by atoms with Crippen molar-refractivity contribution in [3.05, 3.63) is 77.1 Å². The van der Waals surface area contributed by atoms with Gasteiger partial charge in [-0.05, 0) is 50.1 Å². The number of aliphatic hydroxyl groups is 1. The van der Waals surface area contributed by atoms with Crippen molar-refractivity contribution in [2.75, 3.05) is 0 Å². The number of fused-ring (bicyclic) bond motifs is 1. The average molecular weight is 486 g/mol. The van der Waals surface area contributed by atoms with Gasteiger partial charge in [-0.3, -0.25) is 0 Å². The van der Waals surface area contributed by atoms with Gasteiger partial charge in [0.1, 0.15) is 11.6 Å². The van der Waals surface area contributed by atoms with E-state index in [9.17, 15) is 35.8 Å². The first kappa shape index (κ1) is 23.8. The number of benzene rings is 2. The van der Waals surface area contributed by atoms with Crippen molar-refractivity contribution in [1.82, 2.24) is 9.97 Å². The number of alkyl halides is 6. The number of nitrogens with one attached hydrogen (secondary N) is 1. The van der Waals surface area contributed by atoms with Crippen molar-refractivity contribution >= 4 is 10.9 Å². The first-order chi connectivity index (χ1) is 15.8. The first-order valence-corrected chi connectivity index (χ1v) is 10.0. The van der Waals surface area contributed by atoms with Crippen molar-refractivity contribution in [3.63, 3.8) is 0 Å². The highest BCUT2D eigenvalue weighted by Gasteiger charge is 2.71. The summed E-state index contributed by atoms with van der Waals surface area (Å²) >= 11 is 0. The number of H-pyrrole nitrogens is 1. The van der Waals surface area contributed by atoms with Crippen LogP contribution in [0.2, 0.25) is 0 Å². The van der Waals surface area contributed by atoms with Gasteiger partial charge in [-0.1, -0.05) is 18.2 Å². The summed E-state index contributed by atoms with van der Waals surface area (Å²) in [5, 5.41) is 9.69. The second kappa shape index (κ2) is 8.15. The topological polar surface area (TPSA) is 62.1 Å². The van der Waals surface area contributed by atoms with Crippen LogP contribution in [0.5, 0.6) is 0 Å². The van der Waals surface area contributed by atoms with Gasteiger partial charge in [0.25, 0.3) is 5.60 Å². The lowest BCUT2D eigenvalue weighted by Crippen LogP contribution is -2.53. The second-order valence-corrected chi connectivity index (χ2v) is 7.80. The van der Waals surface area contributed by atoms with E-state index in [1.807, 2.05) is 0 Å². The monoisotopic (exact) mass is 486 g/mol. The van der Waals surface area contributed by atoms with Crippen LogP contribution < -0.4 is 0 Å². The summed E-state index contributed by atoms with van der Waals surface area (Å²) in [5.41, 5.74) is -4.78. The number of nitrogens with zero attached hydrogens (tertiary/aromatic N) is 1. The van der Waals surface area contributed by atoms with E-state index in [1.165, 1.54) is 24.3 Å². The van der Waals surface area contributed by atoms with Gasteiger partial charge in [0.15, 0.2) is 0 Å². The molecule has 0 amide bonds.